The van der Waals surface area contributed by atoms with Gasteiger partial charge in [0, 0.05) is 17.8 Å². The van der Waals surface area contributed by atoms with Crippen LogP contribution in [0, 0.1) is 0 Å². The number of hydrogen-bond acceptors (Lipinski definition) is 5. The van der Waals surface area contributed by atoms with E-state index in [2.05, 4.69) is 34.3 Å². The maximum Gasteiger partial charge on any atom is 0.161 e. The summed E-state index contributed by atoms with van der Waals surface area (Å²) in [5.74, 6) is 1.58. The fraction of sp³-hybridized carbons (Fsp3) is 0.429. The molecule has 2 heterocycles. The summed E-state index contributed by atoms with van der Waals surface area (Å²) >= 11 is 0. The van der Waals surface area contributed by atoms with Gasteiger partial charge in [-0.15, -0.1) is 10.2 Å². The second kappa shape index (κ2) is 5.81. The lowest BCUT2D eigenvalue weighted by molar-refractivity contribution is 0.101. The molecule has 1 atom stereocenters. The van der Waals surface area contributed by atoms with Crippen molar-refractivity contribution in [2.45, 2.75) is 39.8 Å². The van der Waals surface area contributed by atoms with Crippen molar-refractivity contribution in [2.24, 2.45) is 0 Å². The van der Waals surface area contributed by atoms with Gasteiger partial charge < -0.3 is 9.88 Å². The van der Waals surface area contributed by atoms with Crippen LogP contribution in [-0.2, 0) is 0 Å². The Morgan fingerprint density at radius 3 is 2.60 bits per heavy atom. The molecule has 0 aliphatic rings. The normalized spacial score (nSPS) is 12.4. The maximum absolute atomic E-state index is 11.2. The van der Waals surface area contributed by atoms with Gasteiger partial charge in [-0.3, -0.25) is 4.79 Å². The van der Waals surface area contributed by atoms with Gasteiger partial charge in [-0.25, -0.2) is 4.98 Å². The Kier molecular flexibility index (Phi) is 4.12. The Labute approximate surface area is 118 Å². The molecule has 1 N–H and O–H groups in total. The first-order chi connectivity index (χ1) is 9.49. The first kappa shape index (κ1) is 14.2. The average molecular weight is 273 g/mol. The predicted octanol–water partition coefficient (Wildman–Crippen LogP) is 2.63. The largest absolute Gasteiger partial charge is 0.360 e. The number of hydrogen-bond donors (Lipinski definition) is 1. The molecule has 6 heteroatoms. The molecule has 0 aromatic carbocycles. The maximum atomic E-state index is 11.2. The molecular formula is C14H19N5O. The van der Waals surface area contributed by atoms with E-state index in [1.54, 1.807) is 24.7 Å². The van der Waals surface area contributed by atoms with Gasteiger partial charge in [0.25, 0.3) is 0 Å². The highest BCUT2D eigenvalue weighted by Gasteiger charge is 2.15. The molecule has 0 radical (unpaired) electrons. The van der Waals surface area contributed by atoms with Crippen molar-refractivity contribution >= 4 is 11.6 Å². The van der Waals surface area contributed by atoms with Crippen molar-refractivity contribution in [3.05, 3.63) is 36.0 Å². The number of ketones is 1. The molecule has 2 rings (SSSR count). The summed E-state index contributed by atoms with van der Waals surface area (Å²) in [6.45, 7) is 7.69. The SMILES string of the molecule is CC(=O)c1ccc(N[C@H](C)c2nncn2C(C)C)nc1. The number of nitrogens with one attached hydrogen (secondary N) is 1. The first-order valence-electron chi connectivity index (χ1n) is 6.62. The fourth-order valence-electron chi connectivity index (χ4n) is 1.93. The van der Waals surface area contributed by atoms with Crippen LogP contribution in [0.25, 0.3) is 0 Å². The minimum absolute atomic E-state index is 0.0108. The number of carbonyl (C=O) groups excluding carboxylic acids is 1. The van der Waals surface area contributed by atoms with E-state index in [1.807, 2.05) is 11.5 Å². The van der Waals surface area contributed by atoms with Crippen molar-refractivity contribution in [3.8, 4) is 0 Å². The second-order valence-corrected chi connectivity index (χ2v) is 5.04. The molecule has 0 saturated carbocycles. The van der Waals surface area contributed by atoms with E-state index < -0.39 is 0 Å². The first-order valence-corrected chi connectivity index (χ1v) is 6.62. The predicted molar refractivity (Wildman–Crippen MR) is 76.7 cm³/mol. The van der Waals surface area contributed by atoms with Crippen LogP contribution < -0.4 is 5.32 Å². The molecule has 0 unspecified atom stereocenters. The fourth-order valence-corrected chi connectivity index (χ4v) is 1.93. The van der Waals surface area contributed by atoms with Gasteiger partial charge in [0.2, 0.25) is 0 Å². The highest BCUT2D eigenvalue weighted by molar-refractivity contribution is 5.93. The van der Waals surface area contributed by atoms with Gasteiger partial charge in [-0.2, -0.15) is 0 Å². The molecule has 0 spiro atoms. The molecule has 106 valence electrons. The molecule has 0 bridgehead atoms. The van der Waals surface area contributed by atoms with Gasteiger partial charge in [0.05, 0.1) is 6.04 Å². The number of aromatic nitrogens is 4. The zero-order chi connectivity index (χ0) is 14.7. The molecule has 6 nitrogen and oxygen atoms in total. The highest BCUT2D eigenvalue weighted by Crippen LogP contribution is 2.18. The molecule has 2 aromatic heterocycles. The summed E-state index contributed by atoms with van der Waals surface area (Å²) in [5.41, 5.74) is 0.605. The van der Waals surface area contributed by atoms with Crippen LogP contribution in [0.2, 0.25) is 0 Å². The van der Waals surface area contributed by atoms with Crippen LogP contribution in [0.1, 0.15) is 56.0 Å². The quantitative estimate of drug-likeness (QED) is 0.848. The standard InChI is InChI=1S/C14H19N5O/c1-9(2)19-8-16-18-14(19)10(3)17-13-6-5-12(7-15-13)11(4)20/h5-10H,1-4H3,(H,15,17)/t10-/m1/s1. The van der Waals surface area contributed by atoms with Gasteiger partial charge >= 0.3 is 0 Å². The lowest BCUT2D eigenvalue weighted by atomic mass is 10.2. The minimum Gasteiger partial charge on any atom is -0.360 e. The number of anilines is 1. The highest BCUT2D eigenvalue weighted by atomic mass is 16.1. The third-order valence-corrected chi connectivity index (χ3v) is 3.08. The zero-order valence-corrected chi connectivity index (χ0v) is 12.2. The van der Waals surface area contributed by atoms with Crippen molar-refractivity contribution in [3.63, 3.8) is 0 Å². The van der Waals surface area contributed by atoms with E-state index in [9.17, 15) is 4.79 Å². The number of rotatable bonds is 5. The Morgan fingerprint density at radius 1 is 1.30 bits per heavy atom. The van der Waals surface area contributed by atoms with E-state index in [0.29, 0.717) is 17.4 Å². The van der Waals surface area contributed by atoms with E-state index in [0.717, 1.165) is 5.82 Å². The molecule has 0 aliphatic heterocycles. The van der Waals surface area contributed by atoms with Crippen molar-refractivity contribution in [2.75, 3.05) is 5.32 Å². The smallest absolute Gasteiger partial charge is 0.161 e. The summed E-state index contributed by atoms with van der Waals surface area (Å²) in [4.78, 5) is 15.4. The number of Topliss-reactive ketones (excluding diaryl/α,β-unsaturated/α-hetero) is 1. The van der Waals surface area contributed by atoms with E-state index >= 15 is 0 Å². The summed E-state index contributed by atoms with van der Waals surface area (Å²) < 4.78 is 2.02. The summed E-state index contributed by atoms with van der Waals surface area (Å²) in [5, 5.41) is 11.4. The van der Waals surface area contributed by atoms with Crippen molar-refractivity contribution < 1.29 is 4.79 Å². The average Bonchev–Trinajstić information content (AvgIpc) is 2.88. The number of carbonyl (C=O) groups is 1. The topological polar surface area (TPSA) is 72.7 Å². The van der Waals surface area contributed by atoms with E-state index in [4.69, 9.17) is 0 Å². The third-order valence-electron chi connectivity index (χ3n) is 3.08. The Balaban J connectivity index is 2.13. The van der Waals surface area contributed by atoms with Crippen LogP contribution in [0.5, 0.6) is 0 Å². The van der Waals surface area contributed by atoms with Crippen LogP contribution in [0.4, 0.5) is 5.82 Å². The van der Waals surface area contributed by atoms with Gasteiger partial charge in [0.15, 0.2) is 11.6 Å². The zero-order valence-electron chi connectivity index (χ0n) is 12.2. The van der Waals surface area contributed by atoms with Crippen molar-refractivity contribution in [1.29, 1.82) is 0 Å². The summed E-state index contributed by atoms with van der Waals surface area (Å²) in [6, 6.07) is 3.84. The van der Waals surface area contributed by atoms with Crippen molar-refractivity contribution in [1.82, 2.24) is 19.7 Å². The van der Waals surface area contributed by atoms with E-state index in [1.165, 1.54) is 6.92 Å². The molecule has 0 fully saturated rings. The molecular weight excluding hydrogens is 254 g/mol. The molecule has 0 saturated heterocycles. The van der Waals surface area contributed by atoms with Crippen LogP contribution in [-0.4, -0.2) is 25.5 Å². The van der Waals surface area contributed by atoms with Crippen LogP contribution in [0.3, 0.4) is 0 Å². The second-order valence-electron chi connectivity index (χ2n) is 5.04. The number of pyridine rings is 1. The van der Waals surface area contributed by atoms with Crippen LogP contribution >= 0.6 is 0 Å². The van der Waals surface area contributed by atoms with Gasteiger partial charge in [-0.1, -0.05) is 0 Å². The van der Waals surface area contributed by atoms with Gasteiger partial charge in [0.1, 0.15) is 12.1 Å². The van der Waals surface area contributed by atoms with Gasteiger partial charge in [-0.05, 0) is 39.8 Å². The Hall–Kier alpha value is -2.24. The Morgan fingerprint density at radius 2 is 2.05 bits per heavy atom. The molecule has 0 aliphatic carbocycles. The summed E-state index contributed by atoms with van der Waals surface area (Å²) in [6.07, 6.45) is 3.30. The minimum atomic E-state index is -0.0180. The van der Waals surface area contributed by atoms with Crippen LogP contribution in [0.15, 0.2) is 24.7 Å². The monoisotopic (exact) mass is 273 g/mol. The lowest BCUT2D eigenvalue weighted by Crippen LogP contribution is -2.15. The Bertz CT molecular complexity index is 588. The number of nitrogens with zero attached hydrogens (tertiary/aromatic N) is 4. The lowest BCUT2D eigenvalue weighted by Gasteiger charge is -2.17. The molecule has 2 aromatic rings. The van der Waals surface area contributed by atoms with E-state index in [-0.39, 0.29) is 11.8 Å². The summed E-state index contributed by atoms with van der Waals surface area (Å²) in [7, 11) is 0. The molecule has 0 amide bonds. The third kappa shape index (κ3) is 3.01. The molecule has 20 heavy (non-hydrogen) atoms.